The van der Waals surface area contributed by atoms with E-state index in [1.807, 2.05) is 12.1 Å². The quantitative estimate of drug-likeness (QED) is 0.550. The number of benzene rings is 1. The van der Waals surface area contributed by atoms with E-state index in [1.165, 1.54) is 17.0 Å². The SMILES string of the molecule is CCc1cc2c(Nc3ccc(F)cc3)nc(-c3cccnc3)nc2s1. The predicted octanol–water partition coefficient (Wildman–Crippen LogP) is 5.20. The third kappa shape index (κ3) is 3.21. The summed E-state index contributed by atoms with van der Waals surface area (Å²) in [7, 11) is 0. The number of thiophene rings is 1. The van der Waals surface area contributed by atoms with E-state index in [2.05, 4.69) is 28.3 Å². The highest BCUT2D eigenvalue weighted by Crippen LogP contribution is 2.33. The van der Waals surface area contributed by atoms with Crippen LogP contribution >= 0.6 is 11.3 Å². The maximum atomic E-state index is 13.2. The van der Waals surface area contributed by atoms with Gasteiger partial charge in [-0.05, 0) is 48.9 Å². The summed E-state index contributed by atoms with van der Waals surface area (Å²) >= 11 is 1.66. The molecule has 0 amide bonds. The number of aromatic nitrogens is 3. The second kappa shape index (κ2) is 6.57. The van der Waals surface area contributed by atoms with Crippen molar-refractivity contribution in [1.82, 2.24) is 15.0 Å². The topological polar surface area (TPSA) is 50.7 Å². The molecule has 3 aromatic heterocycles. The number of nitrogens with one attached hydrogen (secondary N) is 1. The lowest BCUT2D eigenvalue weighted by Crippen LogP contribution is -1.98. The summed E-state index contributed by atoms with van der Waals surface area (Å²) < 4.78 is 13.2. The molecule has 0 aliphatic rings. The van der Waals surface area contributed by atoms with Crippen molar-refractivity contribution < 1.29 is 4.39 Å². The van der Waals surface area contributed by atoms with E-state index >= 15 is 0 Å². The third-order valence-electron chi connectivity index (χ3n) is 3.82. The van der Waals surface area contributed by atoms with Gasteiger partial charge in [0.15, 0.2) is 5.82 Å². The minimum atomic E-state index is -0.266. The van der Waals surface area contributed by atoms with Crippen LogP contribution in [0.25, 0.3) is 21.6 Å². The number of rotatable bonds is 4. The number of pyridine rings is 1. The summed E-state index contributed by atoms with van der Waals surface area (Å²) in [5, 5.41) is 4.26. The van der Waals surface area contributed by atoms with Crippen molar-refractivity contribution in [2.45, 2.75) is 13.3 Å². The second-order valence-corrected chi connectivity index (χ2v) is 6.67. The van der Waals surface area contributed by atoms with Gasteiger partial charge in [0.2, 0.25) is 0 Å². The molecule has 4 rings (SSSR count). The van der Waals surface area contributed by atoms with Gasteiger partial charge in [0, 0.05) is 28.5 Å². The predicted molar refractivity (Wildman–Crippen MR) is 99.7 cm³/mol. The molecule has 0 fully saturated rings. The third-order valence-corrected chi connectivity index (χ3v) is 4.99. The Hall–Kier alpha value is -2.86. The van der Waals surface area contributed by atoms with Gasteiger partial charge in [-0.1, -0.05) is 6.92 Å². The average molecular weight is 350 g/mol. The first-order chi connectivity index (χ1) is 12.2. The molecule has 4 nitrogen and oxygen atoms in total. The minimum Gasteiger partial charge on any atom is -0.340 e. The lowest BCUT2D eigenvalue weighted by atomic mass is 10.2. The van der Waals surface area contributed by atoms with Gasteiger partial charge < -0.3 is 5.32 Å². The number of hydrogen-bond acceptors (Lipinski definition) is 5. The maximum absolute atomic E-state index is 13.2. The summed E-state index contributed by atoms with van der Waals surface area (Å²) in [5.74, 6) is 1.07. The van der Waals surface area contributed by atoms with Gasteiger partial charge in [0.25, 0.3) is 0 Å². The molecule has 0 saturated carbocycles. The molecule has 0 unspecified atom stereocenters. The Morgan fingerprint density at radius 1 is 1.12 bits per heavy atom. The van der Waals surface area contributed by atoms with Crippen molar-refractivity contribution in [3.8, 4) is 11.4 Å². The number of hydrogen-bond donors (Lipinski definition) is 1. The van der Waals surface area contributed by atoms with E-state index in [4.69, 9.17) is 4.98 Å². The average Bonchev–Trinajstić information content (AvgIpc) is 3.08. The molecule has 25 heavy (non-hydrogen) atoms. The van der Waals surface area contributed by atoms with Gasteiger partial charge in [-0.3, -0.25) is 4.98 Å². The smallest absolute Gasteiger partial charge is 0.164 e. The zero-order chi connectivity index (χ0) is 17.2. The van der Waals surface area contributed by atoms with E-state index in [-0.39, 0.29) is 5.82 Å². The Kier molecular flexibility index (Phi) is 4.11. The Balaban J connectivity index is 1.85. The Labute approximate surface area is 148 Å². The molecule has 1 aromatic carbocycles. The first kappa shape index (κ1) is 15.7. The van der Waals surface area contributed by atoms with Crippen molar-refractivity contribution in [3.63, 3.8) is 0 Å². The molecule has 124 valence electrons. The summed E-state index contributed by atoms with van der Waals surface area (Å²) in [6, 6.07) is 12.1. The zero-order valence-corrected chi connectivity index (χ0v) is 14.3. The minimum absolute atomic E-state index is 0.266. The number of nitrogens with zero attached hydrogens (tertiary/aromatic N) is 3. The first-order valence-electron chi connectivity index (χ1n) is 7.96. The number of anilines is 2. The number of fused-ring (bicyclic) bond motifs is 1. The Morgan fingerprint density at radius 3 is 2.68 bits per heavy atom. The molecule has 0 saturated heterocycles. The van der Waals surface area contributed by atoms with Crippen LogP contribution in [0.15, 0.2) is 54.9 Å². The monoisotopic (exact) mass is 350 g/mol. The van der Waals surface area contributed by atoms with Crippen LogP contribution in [-0.2, 0) is 6.42 Å². The molecular formula is C19H15FN4S. The van der Waals surface area contributed by atoms with Crippen molar-refractivity contribution in [2.75, 3.05) is 5.32 Å². The van der Waals surface area contributed by atoms with Gasteiger partial charge in [0.05, 0.1) is 5.39 Å². The van der Waals surface area contributed by atoms with E-state index in [0.717, 1.165) is 27.9 Å². The van der Waals surface area contributed by atoms with Crippen molar-refractivity contribution in [1.29, 1.82) is 0 Å². The summed E-state index contributed by atoms with van der Waals surface area (Å²) in [6.07, 6.45) is 4.41. The number of halogens is 1. The fourth-order valence-electron chi connectivity index (χ4n) is 2.53. The molecule has 0 aliphatic heterocycles. The lowest BCUT2D eigenvalue weighted by molar-refractivity contribution is 0.628. The van der Waals surface area contributed by atoms with Crippen LogP contribution in [0, 0.1) is 5.82 Å². The summed E-state index contributed by atoms with van der Waals surface area (Å²) in [6.45, 7) is 2.12. The summed E-state index contributed by atoms with van der Waals surface area (Å²) in [5.41, 5.74) is 1.64. The van der Waals surface area contributed by atoms with Crippen LogP contribution in [-0.4, -0.2) is 15.0 Å². The molecule has 6 heteroatoms. The molecule has 3 heterocycles. The van der Waals surface area contributed by atoms with Gasteiger partial charge >= 0.3 is 0 Å². The molecule has 0 radical (unpaired) electrons. The Morgan fingerprint density at radius 2 is 1.96 bits per heavy atom. The highest BCUT2D eigenvalue weighted by Gasteiger charge is 2.13. The first-order valence-corrected chi connectivity index (χ1v) is 8.78. The molecule has 1 N–H and O–H groups in total. The van der Waals surface area contributed by atoms with Gasteiger partial charge in [-0.15, -0.1) is 11.3 Å². The van der Waals surface area contributed by atoms with E-state index in [0.29, 0.717) is 11.6 Å². The fourth-order valence-corrected chi connectivity index (χ4v) is 3.50. The zero-order valence-electron chi connectivity index (χ0n) is 13.5. The lowest BCUT2D eigenvalue weighted by Gasteiger charge is -2.09. The highest BCUT2D eigenvalue weighted by molar-refractivity contribution is 7.18. The van der Waals surface area contributed by atoms with Crippen LogP contribution in [0.5, 0.6) is 0 Å². The standard InChI is InChI=1S/C19H15FN4S/c1-2-15-10-16-18(22-14-7-5-13(20)6-8-14)23-17(24-19(16)25-15)12-4-3-9-21-11-12/h3-11H,2H2,1H3,(H,22,23,24). The molecule has 0 spiro atoms. The van der Waals surface area contributed by atoms with Crippen LogP contribution in [0.4, 0.5) is 15.9 Å². The molecule has 0 atom stereocenters. The van der Waals surface area contributed by atoms with Crippen molar-refractivity contribution in [2.24, 2.45) is 0 Å². The number of aryl methyl sites for hydroxylation is 1. The normalized spacial score (nSPS) is 11.0. The molecule has 0 bridgehead atoms. The van der Waals surface area contributed by atoms with E-state index in [1.54, 1.807) is 35.9 Å². The van der Waals surface area contributed by atoms with E-state index in [9.17, 15) is 4.39 Å². The van der Waals surface area contributed by atoms with E-state index < -0.39 is 0 Å². The largest absolute Gasteiger partial charge is 0.340 e. The van der Waals surface area contributed by atoms with Crippen LogP contribution in [0.2, 0.25) is 0 Å². The maximum Gasteiger partial charge on any atom is 0.164 e. The molecule has 4 aromatic rings. The second-order valence-electron chi connectivity index (χ2n) is 5.55. The van der Waals surface area contributed by atoms with Crippen LogP contribution in [0.3, 0.4) is 0 Å². The van der Waals surface area contributed by atoms with Gasteiger partial charge in [0.1, 0.15) is 16.5 Å². The van der Waals surface area contributed by atoms with Crippen LogP contribution in [0.1, 0.15) is 11.8 Å². The van der Waals surface area contributed by atoms with Gasteiger partial charge in [-0.2, -0.15) is 0 Å². The fraction of sp³-hybridized carbons (Fsp3) is 0.105. The van der Waals surface area contributed by atoms with Gasteiger partial charge in [-0.25, -0.2) is 14.4 Å². The summed E-state index contributed by atoms with van der Waals surface area (Å²) in [4.78, 5) is 15.7. The Bertz CT molecular complexity index is 1010. The van der Waals surface area contributed by atoms with Crippen LogP contribution < -0.4 is 5.32 Å². The highest BCUT2D eigenvalue weighted by atomic mass is 32.1. The molecule has 0 aliphatic carbocycles. The van der Waals surface area contributed by atoms with Crippen molar-refractivity contribution in [3.05, 3.63) is 65.6 Å². The molecular weight excluding hydrogens is 335 g/mol. The van der Waals surface area contributed by atoms with Crippen molar-refractivity contribution >= 4 is 33.1 Å².